The number of pyridine rings is 1. The molecule has 4 nitrogen and oxygen atoms in total. The number of nitrogens with two attached hydrogens (primary N) is 1. The molecule has 1 aromatic rings. The summed E-state index contributed by atoms with van der Waals surface area (Å²) < 4.78 is 38.6. The topological polar surface area (TPSA) is 45.4 Å². The van der Waals surface area contributed by atoms with Gasteiger partial charge in [-0.15, -0.1) is 0 Å². The first kappa shape index (κ1) is 17.0. The number of rotatable bonds is 4. The van der Waals surface area contributed by atoms with Crippen LogP contribution in [-0.2, 0) is 12.7 Å². The predicted octanol–water partition coefficient (Wildman–Crippen LogP) is 2.34. The molecular formula is C15H23F3N4. The predicted molar refractivity (Wildman–Crippen MR) is 80.6 cm³/mol. The lowest BCUT2D eigenvalue weighted by Crippen LogP contribution is -2.38. The minimum atomic E-state index is -4.43. The summed E-state index contributed by atoms with van der Waals surface area (Å²) in [5, 5.41) is 0. The quantitative estimate of drug-likeness (QED) is 0.926. The molecule has 1 aliphatic heterocycles. The van der Waals surface area contributed by atoms with Crippen molar-refractivity contribution >= 4 is 5.82 Å². The lowest BCUT2D eigenvalue weighted by molar-refractivity contribution is -0.141. The third kappa shape index (κ3) is 4.10. The molecule has 2 heterocycles. The highest BCUT2D eigenvalue weighted by molar-refractivity contribution is 5.48. The highest BCUT2D eigenvalue weighted by Crippen LogP contribution is 2.32. The molecule has 0 radical (unpaired) electrons. The van der Waals surface area contributed by atoms with Crippen molar-refractivity contribution in [3.05, 3.63) is 23.4 Å². The van der Waals surface area contributed by atoms with Crippen molar-refractivity contribution < 1.29 is 13.2 Å². The number of piperidine rings is 1. The van der Waals surface area contributed by atoms with E-state index in [2.05, 4.69) is 9.88 Å². The van der Waals surface area contributed by atoms with Gasteiger partial charge < -0.3 is 15.5 Å². The van der Waals surface area contributed by atoms with Gasteiger partial charge in [-0.05, 0) is 38.9 Å². The van der Waals surface area contributed by atoms with Crippen molar-refractivity contribution in [1.29, 1.82) is 0 Å². The maximum Gasteiger partial charge on any atom is 0.433 e. The molecule has 124 valence electrons. The third-order valence-electron chi connectivity index (χ3n) is 4.00. The molecule has 0 spiro atoms. The van der Waals surface area contributed by atoms with Crippen LogP contribution < -0.4 is 10.6 Å². The third-order valence-corrected chi connectivity index (χ3v) is 4.00. The van der Waals surface area contributed by atoms with Gasteiger partial charge in [0.05, 0.1) is 0 Å². The van der Waals surface area contributed by atoms with Crippen LogP contribution in [0.25, 0.3) is 0 Å². The molecule has 2 N–H and O–H groups in total. The van der Waals surface area contributed by atoms with Crippen LogP contribution in [0.3, 0.4) is 0 Å². The fourth-order valence-corrected chi connectivity index (χ4v) is 2.91. The standard InChI is InChI=1S/C15H23F3N4/c1-21(2)10-11-5-7-22(8-6-11)14-12(9-19)3-4-13(20-14)15(16,17)18/h3-4,11H,5-10,19H2,1-2H3. The summed E-state index contributed by atoms with van der Waals surface area (Å²) in [4.78, 5) is 7.92. The van der Waals surface area contributed by atoms with Crippen LogP contribution in [0.2, 0.25) is 0 Å². The van der Waals surface area contributed by atoms with Crippen LogP contribution in [0.1, 0.15) is 24.1 Å². The second-order valence-corrected chi connectivity index (χ2v) is 6.07. The van der Waals surface area contributed by atoms with Gasteiger partial charge in [-0.3, -0.25) is 0 Å². The summed E-state index contributed by atoms with van der Waals surface area (Å²) in [7, 11) is 4.07. The van der Waals surface area contributed by atoms with Crippen LogP contribution in [0, 0.1) is 5.92 Å². The van der Waals surface area contributed by atoms with Gasteiger partial charge in [0, 0.05) is 31.7 Å². The Morgan fingerprint density at radius 3 is 2.41 bits per heavy atom. The zero-order valence-corrected chi connectivity index (χ0v) is 13.0. The number of hydrogen-bond donors (Lipinski definition) is 1. The van der Waals surface area contributed by atoms with E-state index in [0.29, 0.717) is 17.3 Å². The maximum absolute atomic E-state index is 12.9. The molecule has 1 fully saturated rings. The van der Waals surface area contributed by atoms with E-state index in [1.165, 1.54) is 6.07 Å². The number of nitrogens with zero attached hydrogens (tertiary/aromatic N) is 3. The first-order chi connectivity index (χ1) is 10.3. The smallest absolute Gasteiger partial charge is 0.356 e. The molecule has 22 heavy (non-hydrogen) atoms. The minimum Gasteiger partial charge on any atom is -0.356 e. The zero-order valence-electron chi connectivity index (χ0n) is 13.0. The molecule has 0 aliphatic carbocycles. The summed E-state index contributed by atoms with van der Waals surface area (Å²) in [6, 6.07) is 2.45. The molecule has 0 saturated carbocycles. The highest BCUT2D eigenvalue weighted by atomic mass is 19.4. The first-order valence-corrected chi connectivity index (χ1v) is 7.48. The van der Waals surface area contributed by atoms with Crippen molar-refractivity contribution in [2.24, 2.45) is 11.7 Å². The second-order valence-electron chi connectivity index (χ2n) is 6.07. The highest BCUT2D eigenvalue weighted by Gasteiger charge is 2.34. The van der Waals surface area contributed by atoms with E-state index in [9.17, 15) is 13.2 Å². The average molecular weight is 316 g/mol. The van der Waals surface area contributed by atoms with E-state index < -0.39 is 11.9 Å². The molecule has 0 aromatic carbocycles. The largest absolute Gasteiger partial charge is 0.433 e. The number of hydrogen-bond acceptors (Lipinski definition) is 4. The lowest BCUT2D eigenvalue weighted by atomic mass is 9.96. The SMILES string of the molecule is CN(C)CC1CCN(c2nc(C(F)(F)F)ccc2CN)CC1. The van der Waals surface area contributed by atoms with Crippen molar-refractivity contribution in [3.63, 3.8) is 0 Å². The van der Waals surface area contributed by atoms with Gasteiger partial charge in [0.15, 0.2) is 0 Å². The van der Waals surface area contributed by atoms with E-state index in [0.717, 1.165) is 38.5 Å². The molecule has 0 bridgehead atoms. The zero-order chi connectivity index (χ0) is 16.3. The van der Waals surface area contributed by atoms with Crippen LogP contribution in [-0.4, -0.2) is 43.6 Å². The number of aromatic nitrogens is 1. The number of anilines is 1. The summed E-state index contributed by atoms with van der Waals surface area (Å²) in [6.07, 6.45) is -2.51. The van der Waals surface area contributed by atoms with Crippen molar-refractivity contribution in [3.8, 4) is 0 Å². The van der Waals surface area contributed by atoms with Gasteiger partial charge in [-0.1, -0.05) is 6.07 Å². The summed E-state index contributed by atoms with van der Waals surface area (Å²) in [6.45, 7) is 2.64. The van der Waals surface area contributed by atoms with E-state index in [4.69, 9.17) is 5.73 Å². The minimum absolute atomic E-state index is 0.193. The molecular weight excluding hydrogens is 293 g/mol. The first-order valence-electron chi connectivity index (χ1n) is 7.48. The van der Waals surface area contributed by atoms with E-state index >= 15 is 0 Å². The van der Waals surface area contributed by atoms with Crippen LogP contribution in [0.4, 0.5) is 19.0 Å². The van der Waals surface area contributed by atoms with Gasteiger partial charge in [0.2, 0.25) is 0 Å². The average Bonchev–Trinajstić information content (AvgIpc) is 2.46. The lowest BCUT2D eigenvalue weighted by Gasteiger charge is -2.35. The molecule has 0 amide bonds. The summed E-state index contributed by atoms with van der Waals surface area (Å²) in [5.41, 5.74) is 5.47. The Morgan fingerprint density at radius 2 is 1.91 bits per heavy atom. The Morgan fingerprint density at radius 1 is 1.27 bits per heavy atom. The normalized spacial score (nSPS) is 17.3. The fraction of sp³-hybridized carbons (Fsp3) is 0.667. The Hall–Kier alpha value is -1.34. The molecule has 1 aromatic heterocycles. The summed E-state index contributed by atoms with van der Waals surface area (Å²) >= 11 is 0. The van der Waals surface area contributed by atoms with E-state index in [1.54, 1.807) is 0 Å². The van der Waals surface area contributed by atoms with E-state index in [1.807, 2.05) is 19.0 Å². The Balaban J connectivity index is 2.15. The fourth-order valence-electron chi connectivity index (χ4n) is 2.91. The monoisotopic (exact) mass is 316 g/mol. The van der Waals surface area contributed by atoms with Gasteiger partial charge in [-0.2, -0.15) is 13.2 Å². The second kappa shape index (κ2) is 6.83. The van der Waals surface area contributed by atoms with Crippen molar-refractivity contribution in [2.75, 3.05) is 38.6 Å². The molecule has 7 heteroatoms. The number of alkyl halides is 3. The van der Waals surface area contributed by atoms with Gasteiger partial charge in [0.25, 0.3) is 0 Å². The van der Waals surface area contributed by atoms with E-state index in [-0.39, 0.29) is 6.54 Å². The molecule has 0 unspecified atom stereocenters. The van der Waals surface area contributed by atoms with Crippen molar-refractivity contribution in [2.45, 2.75) is 25.6 Å². The molecule has 0 atom stereocenters. The molecule has 1 saturated heterocycles. The van der Waals surface area contributed by atoms with Crippen LogP contribution >= 0.6 is 0 Å². The summed E-state index contributed by atoms with van der Waals surface area (Å²) in [5.74, 6) is 0.971. The molecule has 2 rings (SSSR count). The maximum atomic E-state index is 12.9. The number of halogens is 3. The van der Waals surface area contributed by atoms with Crippen molar-refractivity contribution in [1.82, 2.24) is 9.88 Å². The van der Waals surface area contributed by atoms with Crippen LogP contribution in [0.15, 0.2) is 12.1 Å². The van der Waals surface area contributed by atoms with Crippen LogP contribution in [0.5, 0.6) is 0 Å². The Labute approximate surface area is 129 Å². The van der Waals surface area contributed by atoms with Gasteiger partial charge in [-0.25, -0.2) is 4.98 Å². The Bertz CT molecular complexity index is 494. The Kier molecular flexibility index (Phi) is 5.28. The molecule has 1 aliphatic rings. The van der Waals surface area contributed by atoms with Gasteiger partial charge >= 0.3 is 6.18 Å². The van der Waals surface area contributed by atoms with Gasteiger partial charge in [0.1, 0.15) is 11.5 Å².